The molecule has 4 nitrogen and oxygen atoms in total. The Labute approximate surface area is 109 Å². The number of benzene rings is 1. The summed E-state index contributed by atoms with van der Waals surface area (Å²) in [4.78, 5) is 13.7. The molecule has 2 aromatic rings. The number of carbonyl (C=O) groups excluding carboxylic acids is 1. The Kier molecular flexibility index (Phi) is 2.91. The van der Waals surface area contributed by atoms with Crippen LogP contribution in [0.2, 0.25) is 0 Å². The van der Waals surface area contributed by atoms with E-state index in [9.17, 15) is 4.79 Å². The third-order valence-corrected chi connectivity index (χ3v) is 4.42. The molecular weight excluding hydrogens is 246 g/mol. The Balaban J connectivity index is 1.93. The van der Waals surface area contributed by atoms with Gasteiger partial charge in [0.05, 0.1) is 11.4 Å². The summed E-state index contributed by atoms with van der Waals surface area (Å²) in [6.45, 7) is 0.828. The predicted octanol–water partition coefficient (Wildman–Crippen LogP) is 1.95. The summed E-state index contributed by atoms with van der Waals surface area (Å²) in [6, 6.07) is 8.00. The monoisotopic (exact) mass is 259 g/mol. The van der Waals surface area contributed by atoms with Crippen LogP contribution in [0.25, 0.3) is 10.8 Å². The number of nitrogens with zero attached hydrogens (tertiary/aromatic N) is 3. The molecule has 1 saturated heterocycles. The van der Waals surface area contributed by atoms with Crippen LogP contribution in [0.1, 0.15) is 6.42 Å². The Morgan fingerprint density at radius 3 is 3.00 bits per heavy atom. The van der Waals surface area contributed by atoms with Crippen molar-refractivity contribution in [3.05, 3.63) is 30.5 Å². The maximum absolute atomic E-state index is 11.9. The van der Waals surface area contributed by atoms with Gasteiger partial charge in [0.1, 0.15) is 5.03 Å². The van der Waals surface area contributed by atoms with E-state index in [0.29, 0.717) is 0 Å². The molecular formula is C13H13N3OS. The zero-order valence-corrected chi connectivity index (χ0v) is 10.9. The van der Waals surface area contributed by atoms with E-state index in [0.717, 1.165) is 28.8 Å². The number of hydrogen-bond donors (Lipinski definition) is 0. The summed E-state index contributed by atoms with van der Waals surface area (Å²) >= 11 is 1.53. The van der Waals surface area contributed by atoms with Crippen LogP contribution in [0.3, 0.4) is 0 Å². The van der Waals surface area contributed by atoms with Gasteiger partial charge in [-0.1, -0.05) is 36.0 Å². The molecule has 2 heterocycles. The number of amides is 1. The number of carbonyl (C=O) groups is 1. The lowest BCUT2D eigenvalue weighted by Crippen LogP contribution is -2.23. The van der Waals surface area contributed by atoms with Crippen molar-refractivity contribution >= 4 is 28.4 Å². The number of thioether (sulfide) groups is 1. The lowest BCUT2D eigenvalue weighted by atomic mass is 10.2. The fourth-order valence-electron chi connectivity index (χ4n) is 2.12. The second-order valence-electron chi connectivity index (χ2n) is 4.39. The van der Waals surface area contributed by atoms with Crippen molar-refractivity contribution in [2.45, 2.75) is 16.7 Å². The van der Waals surface area contributed by atoms with Crippen LogP contribution in [-0.2, 0) is 4.79 Å². The first-order valence-corrected chi connectivity index (χ1v) is 6.76. The van der Waals surface area contributed by atoms with Gasteiger partial charge in [0.15, 0.2) is 0 Å². The highest BCUT2D eigenvalue weighted by atomic mass is 32.2. The first-order valence-electron chi connectivity index (χ1n) is 5.88. The highest BCUT2D eigenvalue weighted by Crippen LogP contribution is 2.32. The second kappa shape index (κ2) is 4.57. The van der Waals surface area contributed by atoms with Gasteiger partial charge >= 0.3 is 0 Å². The van der Waals surface area contributed by atoms with Crippen molar-refractivity contribution in [2.24, 2.45) is 0 Å². The van der Waals surface area contributed by atoms with Gasteiger partial charge in [-0.3, -0.25) is 4.79 Å². The number of likely N-dealkylation sites (tertiary alicyclic amines) is 1. The van der Waals surface area contributed by atoms with Gasteiger partial charge in [0, 0.05) is 24.4 Å². The SMILES string of the molecule is CN1CCC(Sc2nncc3ccccc23)C1=O. The summed E-state index contributed by atoms with van der Waals surface area (Å²) in [6.07, 6.45) is 2.63. The molecule has 0 N–H and O–H groups in total. The Morgan fingerprint density at radius 1 is 1.39 bits per heavy atom. The van der Waals surface area contributed by atoms with E-state index in [2.05, 4.69) is 10.2 Å². The van der Waals surface area contributed by atoms with Gasteiger partial charge in [0.25, 0.3) is 0 Å². The highest BCUT2D eigenvalue weighted by molar-refractivity contribution is 8.00. The van der Waals surface area contributed by atoms with Crippen molar-refractivity contribution in [2.75, 3.05) is 13.6 Å². The van der Waals surface area contributed by atoms with Crippen LogP contribution in [-0.4, -0.2) is 39.8 Å². The van der Waals surface area contributed by atoms with E-state index in [4.69, 9.17) is 0 Å². The minimum Gasteiger partial charge on any atom is -0.345 e. The molecule has 18 heavy (non-hydrogen) atoms. The number of hydrogen-bond acceptors (Lipinski definition) is 4. The van der Waals surface area contributed by atoms with Crippen molar-refractivity contribution < 1.29 is 4.79 Å². The van der Waals surface area contributed by atoms with Gasteiger partial charge in [0.2, 0.25) is 5.91 Å². The molecule has 0 radical (unpaired) electrons. The van der Waals surface area contributed by atoms with Crippen LogP contribution < -0.4 is 0 Å². The van der Waals surface area contributed by atoms with Gasteiger partial charge < -0.3 is 4.90 Å². The topological polar surface area (TPSA) is 46.1 Å². The Morgan fingerprint density at radius 2 is 2.22 bits per heavy atom. The molecule has 1 aliphatic rings. The molecule has 1 fully saturated rings. The zero-order chi connectivity index (χ0) is 12.5. The van der Waals surface area contributed by atoms with E-state index < -0.39 is 0 Å². The molecule has 0 bridgehead atoms. The molecule has 3 rings (SSSR count). The quantitative estimate of drug-likeness (QED) is 0.827. The smallest absolute Gasteiger partial charge is 0.235 e. The number of rotatable bonds is 2. The molecule has 1 unspecified atom stereocenters. The molecule has 1 atom stereocenters. The van der Waals surface area contributed by atoms with Crippen molar-refractivity contribution in [3.63, 3.8) is 0 Å². The highest BCUT2D eigenvalue weighted by Gasteiger charge is 2.30. The molecule has 1 aromatic heterocycles. The average molecular weight is 259 g/mol. The van der Waals surface area contributed by atoms with Crippen LogP contribution in [0.5, 0.6) is 0 Å². The minimum atomic E-state index is -0.0184. The van der Waals surface area contributed by atoms with Gasteiger partial charge in [-0.2, -0.15) is 5.10 Å². The molecule has 1 amide bonds. The fourth-order valence-corrected chi connectivity index (χ4v) is 3.30. The third kappa shape index (κ3) is 1.95. The molecule has 0 aliphatic carbocycles. The van der Waals surface area contributed by atoms with E-state index in [1.165, 1.54) is 11.8 Å². The van der Waals surface area contributed by atoms with Crippen molar-refractivity contribution in [1.29, 1.82) is 0 Å². The van der Waals surface area contributed by atoms with Crippen LogP contribution >= 0.6 is 11.8 Å². The van der Waals surface area contributed by atoms with E-state index in [-0.39, 0.29) is 11.2 Å². The fraction of sp³-hybridized carbons (Fsp3) is 0.308. The van der Waals surface area contributed by atoms with E-state index in [1.807, 2.05) is 31.3 Å². The van der Waals surface area contributed by atoms with Crippen LogP contribution in [0, 0.1) is 0 Å². The maximum Gasteiger partial charge on any atom is 0.235 e. The molecule has 0 spiro atoms. The summed E-state index contributed by atoms with van der Waals surface area (Å²) in [5.74, 6) is 0.190. The molecule has 0 saturated carbocycles. The molecule has 92 valence electrons. The number of fused-ring (bicyclic) bond motifs is 1. The Bertz CT molecular complexity index is 596. The normalized spacial score (nSPS) is 19.7. The molecule has 5 heteroatoms. The standard InChI is InChI=1S/C13H13N3OS/c1-16-7-6-11(13(16)17)18-12-10-5-3-2-4-9(10)8-14-15-12/h2-5,8,11H,6-7H2,1H3. The van der Waals surface area contributed by atoms with Gasteiger partial charge in [-0.15, -0.1) is 5.10 Å². The molecule has 1 aromatic carbocycles. The van der Waals surface area contributed by atoms with Crippen LogP contribution in [0.15, 0.2) is 35.5 Å². The molecule has 1 aliphatic heterocycles. The van der Waals surface area contributed by atoms with E-state index in [1.54, 1.807) is 11.1 Å². The Hall–Kier alpha value is -1.62. The zero-order valence-electron chi connectivity index (χ0n) is 10.0. The van der Waals surface area contributed by atoms with Crippen molar-refractivity contribution in [1.82, 2.24) is 15.1 Å². The first-order chi connectivity index (χ1) is 8.75. The summed E-state index contributed by atoms with van der Waals surface area (Å²) in [5.41, 5.74) is 0. The van der Waals surface area contributed by atoms with Crippen molar-refractivity contribution in [3.8, 4) is 0 Å². The summed E-state index contributed by atoms with van der Waals surface area (Å²) < 4.78 is 0. The van der Waals surface area contributed by atoms with E-state index >= 15 is 0 Å². The second-order valence-corrected chi connectivity index (χ2v) is 5.58. The lowest BCUT2D eigenvalue weighted by Gasteiger charge is -2.10. The minimum absolute atomic E-state index is 0.0184. The average Bonchev–Trinajstić information content (AvgIpc) is 2.71. The van der Waals surface area contributed by atoms with Gasteiger partial charge in [-0.25, -0.2) is 0 Å². The van der Waals surface area contributed by atoms with Crippen LogP contribution in [0.4, 0.5) is 0 Å². The predicted molar refractivity (Wildman–Crippen MR) is 71.4 cm³/mol. The summed E-state index contributed by atoms with van der Waals surface area (Å²) in [7, 11) is 1.84. The lowest BCUT2D eigenvalue weighted by molar-refractivity contribution is -0.126. The largest absolute Gasteiger partial charge is 0.345 e. The summed E-state index contributed by atoms with van der Waals surface area (Å²) in [5, 5.41) is 11.1. The third-order valence-electron chi connectivity index (χ3n) is 3.17. The first kappa shape index (κ1) is 11.5. The van der Waals surface area contributed by atoms with Gasteiger partial charge in [-0.05, 0) is 6.42 Å². The number of aromatic nitrogens is 2. The maximum atomic E-state index is 11.9.